The third kappa shape index (κ3) is 5.77. The van der Waals surface area contributed by atoms with Crippen LogP contribution in [0.25, 0.3) is 16.9 Å². The molecule has 3 aromatic rings. The van der Waals surface area contributed by atoms with Crippen LogP contribution >= 0.6 is 11.6 Å². The van der Waals surface area contributed by atoms with E-state index < -0.39 is 40.2 Å². The smallest absolute Gasteiger partial charge is 0.435 e. The number of hydrogen-bond acceptors (Lipinski definition) is 6. The van der Waals surface area contributed by atoms with E-state index in [0.717, 1.165) is 11.1 Å². The predicted octanol–water partition coefficient (Wildman–Crippen LogP) is 3.83. The number of halogens is 4. The van der Waals surface area contributed by atoms with Crippen LogP contribution in [-0.4, -0.2) is 46.2 Å². The van der Waals surface area contributed by atoms with Crippen LogP contribution in [-0.2, 0) is 34.4 Å². The van der Waals surface area contributed by atoms with Crippen LogP contribution in [0.5, 0.6) is 0 Å². The molecule has 3 rings (SSSR count). The molecular formula is C19H21ClF3N5O4S. The number of carbonyl (C=O) groups is 1. The lowest BCUT2D eigenvalue weighted by Gasteiger charge is -2.12. The minimum Gasteiger partial charge on any atom is -0.449 e. The third-order valence-electron chi connectivity index (χ3n) is 4.69. The van der Waals surface area contributed by atoms with E-state index in [1.807, 2.05) is 6.92 Å². The molecule has 0 aromatic carbocycles. The monoisotopic (exact) mass is 507 g/mol. The fraction of sp³-hybridized carbons (Fsp3) is 0.421. The molecule has 0 aliphatic heterocycles. The summed E-state index contributed by atoms with van der Waals surface area (Å²) in [5.74, 6) is -0.802. The average Bonchev–Trinajstić information content (AvgIpc) is 3.25. The molecule has 0 bridgehead atoms. The number of amides is 1. The number of rotatable bonds is 8. The van der Waals surface area contributed by atoms with Gasteiger partial charge in [-0.3, -0.25) is 9.25 Å². The Labute approximate surface area is 192 Å². The average molecular weight is 508 g/mol. The fourth-order valence-corrected chi connectivity index (χ4v) is 4.29. The number of nitrogens with one attached hydrogen (secondary N) is 1. The molecule has 0 saturated heterocycles. The summed E-state index contributed by atoms with van der Waals surface area (Å²) in [5.41, 5.74) is -1.27. The maximum atomic E-state index is 13.7. The first-order valence-electron chi connectivity index (χ1n) is 9.86. The number of carbonyl (C=O) groups excluding carboxylic acids is 1. The summed E-state index contributed by atoms with van der Waals surface area (Å²) in [6, 6.07) is 3.21. The lowest BCUT2D eigenvalue weighted by Crippen LogP contribution is -2.34. The van der Waals surface area contributed by atoms with Gasteiger partial charge >= 0.3 is 12.3 Å². The van der Waals surface area contributed by atoms with Gasteiger partial charge in [-0.2, -0.15) is 18.3 Å². The Kier molecular flexibility index (Phi) is 7.22. The van der Waals surface area contributed by atoms with Crippen molar-refractivity contribution >= 4 is 38.8 Å². The van der Waals surface area contributed by atoms with Gasteiger partial charge in [-0.25, -0.2) is 22.9 Å². The Morgan fingerprint density at radius 2 is 2.06 bits per heavy atom. The largest absolute Gasteiger partial charge is 0.449 e. The molecule has 3 heterocycles. The molecule has 0 unspecified atom stereocenters. The summed E-state index contributed by atoms with van der Waals surface area (Å²) in [4.78, 5) is 15.8. The second-order valence-corrected chi connectivity index (χ2v) is 9.46. The first kappa shape index (κ1) is 24.8. The van der Waals surface area contributed by atoms with Gasteiger partial charge in [-0.1, -0.05) is 24.9 Å². The second kappa shape index (κ2) is 9.59. The topological polar surface area (TPSA) is 108 Å². The molecule has 1 N–H and O–H groups in total. The minimum absolute atomic E-state index is 0.00660. The highest BCUT2D eigenvalue weighted by Gasteiger charge is 2.39. The van der Waals surface area contributed by atoms with Crippen LogP contribution in [0.4, 0.5) is 18.0 Å². The van der Waals surface area contributed by atoms with E-state index >= 15 is 0 Å². The predicted molar refractivity (Wildman–Crippen MR) is 115 cm³/mol. The summed E-state index contributed by atoms with van der Waals surface area (Å²) in [6.07, 6.45) is -2.45. The highest BCUT2D eigenvalue weighted by molar-refractivity contribution is 7.90. The molecule has 33 heavy (non-hydrogen) atoms. The summed E-state index contributed by atoms with van der Waals surface area (Å²) >= 11 is 5.93. The van der Waals surface area contributed by atoms with Crippen molar-refractivity contribution in [3.8, 4) is 5.82 Å². The second-order valence-electron chi connectivity index (χ2n) is 7.18. The molecule has 3 aromatic heterocycles. The van der Waals surface area contributed by atoms with Crippen molar-refractivity contribution in [1.82, 2.24) is 24.1 Å². The Morgan fingerprint density at radius 1 is 1.33 bits per heavy atom. The molecule has 0 aliphatic rings. The molecule has 0 aliphatic carbocycles. The normalized spacial score (nSPS) is 12.3. The number of alkyl halides is 3. The maximum Gasteiger partial charge on any atom is 0.435 e. The van der Waals surface area contributed by atoms with Gasteiger partial charge < -0.3 is 4.74 Å². The van der Waals surface area contributed by atoms with Crippen LogP contribution in [0, 0.1) is 0 Å². The fourth-order valence-electron chi connectivity index (χ4n) is 3.24. The van der Waals surface area contributed by atoms with Gasteiger partial charge in [-0.15, -0.1) is 0 Å². The van der Waals surface area contributed by atoms with Crippen molar-refractivity contribution in [2.24, 2.45) is 7.05 Å². The van der Waals surface area contributed by atoms with Crippen molar-refractivity contribution in [2.75, 3.05) is 12.4 Å². The van der Waals surface area contributed by atoms with Crippen LogP contribution < -0.4 is 4.72 Å². The number of hydrogen-bond donors (Lipinski definition) is 1. The number of fused-ring (bicyclic) bond motifs is 1. The molecule has 0 saturated carbocycles. The van der Waals surface area contributed by atoms with Crippen molar-refractivity contribution in [3.05, 3.63) is 40.8 Å². The van der Waals surface area contributed by atoms with E-state index in [0.29, 0.717) is 22.5 Å². The molecule has 0 fully saturated rings. The van der Waals surface area contributed by atoms with Gasteiger partial charge in [0.15, 0.2) is 5.69 Å². The first-order valence-corrected chi connectivity index (χ1v) is 11.9. The number of aryl methyl sites for hydroxylation is 1. The Morgan fingerprint density at radius 3 is 2.73 bits per heavy atom. The summed E-state index contributed by atoms with van der Waals surface area (Å²) < 4.78 is 74.5. The molecule has 180 valence electrons. The third-order valence-corrected chi connectivity index (χ3v) is 6.12. The van der Waals surface area contributed by atoms with E-state index in [-0.39, 0.29) is 18.0 Å². The highest BCUT2D eigenvalue weighted by atomic mass is 35.5. The number of sulfonamides is 1. The summed E-state index contributed by atoms with van der Waals surface area (Å²) in [7, 11) is -2.96. The zero-order valence-electron chi connectivity index (χ0n) is 17.7. The first-order chi connectivity index (χ1) is 15.4. The van der Waals surface area contributed by atoms with Crippen LogP contribution in [0.3, 0.4) is 0 Å². The van der Waals surface area contributed by atoms with E-state index in [1.54, 1.807) is 16.9 Å². The number of aromatic nitrogens is 4. The molecule has 14 heteroatoms. The molecule has 1 amide bonds. The number of ether oxygens (including phenoxy) is 1. The molecule has 9 nitrogen and oxygen atoms in total. The molecule has 0 radical (unpaired) electrons. The van der Waals surface area contributed by atoms with E-state index in [4.69, 9.17) is 16.3 Å². The van der Waals surface area contributed by atoms with E-state index in [1.165, 1.54) is 24.0 Å². The lowest BCUT2D eigenvalue weighted by molar-refractivity contribution is -0.142. The van der Waals surface area contributed by atoms with E-state index in [9.17, 15) is 26.4 Å². The van der Waals surface area contributed by atoms with Crippen molar-refractivity contribution in [2.45, 2.75) is 32.4 Å². The maximum absolute atomic E-state index is 13.7. The summed E-state index contributed by atoms with van der Waals surface area (Å²) in [6.45, 7) is 1.89. The van der Waals surface area contributed by atoms with Gasteiger partial charge in [0.1, 0.15) is 11.5 Å². The number of pyridine rings is 1. The zero-order valence-corrected chi connectivity index (χ0v) is 19.3. The zero-order chi connectivity index (χ0) is 24.4. The van der Waals surface area contributed by atoms with Crippen LogP contribution in [0.2, 0.25) is 5.02 Å². The summed E-state index contributed by atoms with van der Waals surface area (Å²) in [5, 5.41) is 4.51. The van der Waals surface area contributed by atoms with Gasteiger partial charge in [0.05, 0.1) is 17.4 Å². The van der Waals surface area contributed by atoms with Crippen LogP contribution in [0.15, 0.2) is 24.5 Å². The van der Waals surface area contributed by atoms with E-state index in [2.05, 4.69) is 10.1 Å². The standard InChI is InChI=1S/C19H21ClF3N5O4S/c1-3-4-8-32-18(29)26-33(30,31)9-6-14-15(19(21,22)23)25-27(2)17(14)28-7-5-12-10-13(20)11-24-16(12)28/h5,7,10-11H,3-4,6,8-9H2,1-2H3,(H,26,29). The van der Waals surface area contributed by atoms with Gasteiger partial charge in [-0.05, 0) is 25.0 Å². The lowest BCUT2D eigenvalue weighted by atomic mass is 10.1. The SMILES string of the molecule is CCCCOC(=O)NS(=O)(=O)CCc1c(C(F)(F)F)nn(C)c1-n1ccc2cc(Cl)cnc21. The van der Waals surface area contributed by atoms with Crippen LogP contribution in [0.1, 0.15) is 31.0 Å². The van der Waals surface area contributed by atoms with Gasteiger partial charge in [0, 0.05) is 30.4 Å². The van der Waals surface area contributed by atoms with Crippen molar-refractivity contribution in [3.63, 3.8) is 0 Å². The molecule has 0 spiro atoms. The van der Waals surface area contributed by atoms with Crippen molar-refractivity contribution in [1.29, 1.82) is 0 Å². The van der Waals surface area contributed by atoms with Crippen molar-refractivity contribution < 1.29 is 31.1 Å². The quantitative estimate of drug-likeness (QED) is 0.464. The number of nitrogens with zero attached hydrogens (tertiary/aromatic N) is 4. The Hall–Kier alpha value is -2.80. The Bertz CT molecular complexity index is 1270. The number of unbranched alkanes of at least 4 members (excludes halogenated alkanes) is 1. The minimum atomic E-state index is -4.83. The highest BCUT2D eigenvalue weighted by Crippen LogP contribution is 2.35. The molecule has 0 atom stereocenters. The van der Waals surface area contributed by atoms with Gasteiger partial charge in [0.2, 0.25) is 10.0 Å². The Balaban J connectivity index is 1.95. The van der Waals surface area contributed by atoms with Gasteiger partial charge in [0.25, 0.3) is 0 Å². The molecular weight excluding hydrogens is 487 g/mol.